The van der Waals surface area contributed by atoms with E-state index >= 15 is 0 Å². The van der Waals surface area contributed by atoms with Gasteiger partial charge in [-0.2, -0.15) is 0 Å². The van der Waals surface area contributed by atoms with Gasteiger partial charge in [0.15, 0.2) is 0 Å². The van der Waals surface area contributed by atoms with Crippen LogP contribution in [0.4, 0.5) is 0 Å². The minimum absolute atomic E-state index is 0.183. The molecule has 0 saturated carbocycles. The van der Waals surface area contributed by atoms with E-state index in [1.165, 1.54) is 5.56 Å². The zero-order valence-corrected chi connectivity index (χ0v) is 14.8. The number of hydrogen-bond acceptors (Lipinski definition) is 2. The van der Waals surface area contributed by atoms with Crippen LogP contribution in [0.1, 0.15) is 43.2 Å². The lowest BCUT2D eigenvalue weighted by Crippen LogP contribution is -2.24. The molecule has 2 aromatic carbocycles. The van der Waals surface area contributed by atoms with Gasteiger partial charge in [-0.15, -0.1) is 0 Å². The molecular weight excluding hydrogens is 308 g/mol. The summed E-state index contributed by atoms with van der Waals surface area (Å²) in [6, 6.07) is 20.9. The first kappa shape index (κ1) is 17.5. The van der Waals surface area contributed by atoms with E-state index in [9.17, 15) is 0 Å². The van der Waals surface area contributed by atoms with Gasteiger partial charge in [-0.05, 0) is 29.7 Å². The van der Waals surface area contributed by atoms with E-state index in [0.29, 0.717) is 5.92 Å². The van der Waals surface area contributed by atoms with Crippen LogP contribution in [0.3, 0.4) is 0 Å². The molecule has 2 heteroatoms. The lowest BCUT2D eigenvalue weighted by atomic mass is 9.93. The van der Waals surface area contributed by atoms with Crippen molar-refractivity contribution in [1.82, 2.24) is 0 Å². The van der Waals surface area contributed by atoms with Crippen LogP contribution in [0.15, 0.2) is 78.6 Å². The van der Waals surface area contributed by atoms with Crippen molar-refractivity contribution < 1.29 is 9.47 Å². The first-order valence-electron chi connectivity index (χ1n) is 9.13. The molecule has 2 nitrogen and oxygen atoms in total. The fourth-order valence-electron chi connectivity index (χ4n) is 2.94. The highest BCUT2D eigenvalue weighted by atomic mass is 16.7. The third kappa shape index (κ3) is 5.33. The highest BCUT2D eigenvalue weighted by molar-refractivity contribution is 5.52. The van der Waals surface area contributed by atoms with Crippen LogP contribution in [0.2, 0.25) is 0 Å². The van der Waals surface area contributed by atoms with Crippen LogP contribution in [0.25, 0.3) is 6.08 Å². The van der Waals surface area contributed by atoms with Gasteiger partial charge >= 0.3 is 0 Å². The van der Waals surface area contributed by atoms with E-state index in [2.05, 4.69) is 61.5 Å². The van der Waals surface area contributed by atoms with E-state index in [1.54, 1.807) is 0 Å². The fourth-order valence-corrected chi connectivity index (χ4v) is 2.94. The molecule has 0 saturated heterocycles. The average molecular weight is 334 g/mol. The smallest absolute Gasteiger partial charge is 0.200 e. The molecule has 0 N–H and O–H groups in total. The van der Waals surface area contributed by atoms with Crippen molar-refractivity contribution in [2.45, 2.75) is 38.4 Å². The van der Waals surface area contributed by atoms with Crippen LogP contribution >= 0.6 is 0 Å². The van der Waals surface area contributed by atoms with Crippen molar-refractivity contribution in [2.75, 3.05) is 6.61 Å². The van der Waals surface area contributed by atoms with Gasteiger partial charge < -0.3 is 9.47 Å². The zero-order valence-electron chi connectivity index (χ0n) is 14.8. The maximum atomic E-state index is 6.06. The molecule has 1 heterocycles. The summed E-state index contributed by atoms with van der Waals surface area (Å²) < 4.78 is 12.0. The molecule has 3 rings (SSSR count). The Bertz CT molecular complexity index is 689. The lowest BCUT2D eigenvalue weighted by Gasteiger charge is -2.29. The number of unbranched alkanes of at least 4 members (excludes halogenated alkanes) is 1. The normalized spacial score (nSPS) is 20.3. The van der Waals surface area contributed by atoms with Crippen molar-refractivity contribution >= 4 is 6.08 Å². The van der Waals surface area contributed by atoms with Crippen LogP contribution < -0.4 is 0 Å². The van der Waals surface area contributed by atoms with Crippen molar-refractivity contribution in [1.29, 1.82) is 0 Å². The predicted molar refractivity (Wildman–Crippen MR) is 103 cm³/mol. The second kappa shape index (κ2) is 9.24. The topological polar surface area (TPSA) is 18.5 Å². The Hall–Kier alpha value is -2.32. The monoisotopic (exact) mass is 334 g/mol. The molecule has 130 valence electrons. The first-order valence-corrected chi connectivity index (χ1v) is 9.13. The second-order valence-electron chi connectivity index (χ2n) is 6.34. The van der Waals surface area contributed by atoms with Crippen molar-refractivity contribution in [3.63, 3.8) is 0 Å². The van der Waals surface area contributed by atoms with E-state index in [-0.39, 0.29) is 6.29 Å². The third-order valence-electron chi connectivity index (χ3n) is 4.35. The average Bonchev–Trinajstić information content (AvgIpc) is 2.68. The summed E-state index contributed by atoms with van der Waals surface area (Å²) in [5.74, 6) is 1.20. The molecule has 0 spiro atoms. The van der Waals surface area contributed by atoms with E-state index in [0.717, 1.165) is 37.2 Å². The number of benzene rings is 2. The Morgan fingerprint density at radius 1 is 1.00 bits per heavy atom. The van der Waals surface area contributed by atoms with Gasteiger partial charge in [0.2, 0.25) is 6.29 Å². The maximum absolute atomic E-state index is 6.06. The van der Waals surface area contributed by atoms with Crippen LogP contribution in [0, 0.1) is 0 Å². The summed E-state index contributed by atoms with van der Waals surface area (Å²) in [4.78, 5) is 0. The Morgan fingerprint density at radius 3 is 2.44 bits per heavy atom. The summed E-state index contributed by atoms with van der Waals surface area (Å²) in [5, 5.41) is 0. The third-order valence-corrected chi connectivity index (χ3v) is 4.35. The molecule has 1 aliphatic rings. The lowest BCUT2D eigenvalue weighted by molar-refractivity contribution is -0.126. The quantitative estimate of drug-likeness (QED) is 0.584. The van der Waals surface area contributed by atoms with Crippen molar-refractivity contribution in [3.8, 4) is 0 Å². The molecular formula is C23H26O2. The number of hydrogen-bond donors (Lipinski definition) is 0. The molecule has 0 radical (unpaired) electrons. The molecule has 25 heavy (non-hydrogen) atoms. The van der Waals surface area contributed by atoms with Crippen LogP contribution in [-0.2, 0) is 9.47 Å². The molecule has 2 atom stereocenters. The SMILES string of the molecule is CCCCO[C@@H]1C[C@H](c2ccccc2)C=C(/C=C/c2ccccc2)O1. The summed E-state index contributed by atoms with van der Waals surface area (Å²) in [6.45, 7) is 2.92. The Morgan fingerprint density at radius 2 is 1.72 bits per heavy atom. The predicted octanol–water partition coefficient (Wildman–Crippen LogP) is 5.93. The molecule has 0 bridgehead atoms. The minimum atomic E-state index is -0.183. The van der Waals surface area contributed by atoms with Gasteiger partial charge in [0, 0.05) is 12.3 Å². The van der Waals surface area contributed by atoms with Crippen molar-refractivity contribution in [3.05, 3.63) is 89.7 Å². The molecule has 0 amide bonds. The second-order valence-corrected chi connectivity index (χ2v) is 6.34. The largest absolute Gasteiger partial charge is 0.465 e. The highest BCUT2D eigenvalue weighted by Crippen LogP contribution is 2.32. The van der Waals surface area contributed by atoms with E-state index in [4.69, 9.17) is 9.47 Å². The number of ether oxygens (including phenoxy) is 2. The van der Waals surface area contributed by atoms with Gasteiger partial charge in [-0.25, -0.2) is 0 Å². The van der Waals surface area contributed by atoms with E-state index in [1.807, 2.05) is 24.3 Å². The minimum Gasteiger partial charge on any atom is -0.465 e. The van der Waals surface area contributed by atoms with Crippen LogP contribution in [0.5, 0.6) is 0 Å². The first-order chi connectivity index (χ1) is 12.3. The maximum Gasteiger partial charge on any atom is 0.200 e. The fraction of sp³-hybridized carbons (Fsp3) is 0.304. The highest BCUT2D eigenvalue weighted by Gasteiger charge is 2.24. The molecule has 0 aromatic heterocycles. The van der Waals surface area contributed by atoms with E-state index < -0.39 is 0 Å². The van der Waals surface area contributed by atoms with Gasteiger partial charge in [0.05, 0.1) is 6.61 Å². The molecule has 1 aliphatic heterocycles. The number of rotatable bonds is 7. The van der Waals surface area contributed by atoms with Gasteiger partial charge in [-0.3, -0.25) is 0 Å². The summed E-state index contributed by atoms with van der Waals surface area (Å²) in [6.07, 6.45) is 9.20. The summed E-state index contributed by atoms with van der Waals surface area (Å²) in [5.41, 5.74) is 2.47. The molecule has 0 unspecified atom stereocenters. The standard InChI is InChI=1S/C23H26O2/c1-2-3-16-24-23-18-21(20-12-8-5-9-13-20)17-22(25-23)15-14-19-10-6-4-7-11-19/h4-15,17,21,23H,2-3,16,18H2,1H3/b15-14+/t21-,23+/m1/s1. The zero-order chi connectivity index (χ0) is 17.3. The van der Waals surface area contributed by atoms with Gasteiger partial charge in [-0.1, -0.05) is 80.1 Å². The van der Waals surface area contributed by atoms with Gasteiger partial charge in [0.25, 0.3) is 0 Å². The molecule has 0 fully saturated rings. The van der Waals surface area contributed by atoms with Gasteiger partial charge in [0.1, 0.15) is 5.76 Å². The summed E-state index contributed by atoms with van der Waals surface area (Å²) in [7, 11) is 0. The Labute approximate surface area is 150 Å². The molecule has 0 aliphatic carbocycles. The van der Waals surface area contributed by atoms with Crippen LogP contribution in [-0.4, -0.2) is 12.9 Å². The Kier molecular flexibility index (Phi) is 6.47. The van der Waals surface area contributed by atoms with Crippen molar-refractivity contribution in [2.24, 2.45) is 0 Å². The summed E-state index contributed by atoms with van der Waals surface area (Å²) >= 11 is 0. The number of allylic oxidation sites excluding steroid dienone is 2. The Balaban J connectivity index is 1.76. The molecule has 2 aromatic rings.